The quantitative estimate of drug-likeness (QED) is 0.803. The van der Waals surface area contributed by atoms with E-state index in [9.17, 15) is 5.11 Å². The van der Waals surface area contributed by atoms with Crippen LogP contribution in [0.1, 0.15) is 30.9 Å². The molecule has 90 valence electrons. The fourth-order valence-electron chi connectivity index (χ4n) is 1.56. The van der Waals surface area contributed by atoms with Crippen molar-refractivity contribution in [2.75, 3.05) is 6.54 Å². The van der Waals surface area contributed by atoms with Crippen molar-refractivity contribution < 1.29 is 5.11 Å². The third-order valence-corrected chi connectivity index (χ3v) is 2.97. The number of benzene rings is 1. The lowest BCUT2D eigenvalue weighted by molar-refractivity contribution is 0.160. The summed E-state index contributed by atoms with van der Waals surface area (Å²) in [6.45, 7) is 5.45. The van der Waals surface area contributed by atoms with Crippen molar-refractivity contribution in [3.05, 3.63) is 34.3 Å². The molecule has 0 radical (unpaired) electrons. The Bertz CT molecular complexity index is 328. The van der Waals surface area contributed by atoms with Crippen molar-refractivity contribution in [3.8, 4) is 0 Å². The van der Waals surface area contributed by atoms with E-state index in [1.807, 2.05) is 19.1 Å². The summed E-state index contributed by atoms with van der Waals surface area (Å²) in [5.41, 5.74) is 2.25. The fraction of sp³-hybridized carbons (Fsp3) is 0.538. The summed E-state index contributed by atoms with van der Waals surface area (Å²) < 4.78 is 0. The number of rotatable bonds is 6. The van der Waals surface area contributed by atoms with E-state index in [0.29, 0.717) is 6.54 Å². The van der Waals surface area contributed by atoms with E-state index in [-0.39, 0.29) is 6.10 Å². The van der Waals surface area contributed by atoms with Gasteiger partial charge in [-0.25, -0.2) is 0 Å². The number of hydrogen-bond donors (Lipinski definition) is 2. The molecular formula is C13H20ClNO. The minimum atomic E-state index is -0.245. The van der Waals surface area contributed by atoms with Gasteiger partial charge in [0.25, 0.3) is 0 Å². The topological polar surface area (TPSA) is 32.3 Å². The Kier molecular flexibility index (Phi) is 5.81. The smallest absolute Gasteiger partial charge is 0.0664 e. The van der Waals surface area contributed by atoms with Crippen molar-refractivity contribution in [3.63, 3.8) is 0 Å². The molecule has 1 atom stereocenters. The summed E-state index contributed by atoms with van der Waals surface area (Å²) in [4.78, 5) is 0. The molecule has 0 saturated heterocycles. The van der Waals surface area contributed by atoms with Gasteiger partial charge in [0.15, 0.2) is 0 Å². The van der Waals surface area contributed by atoms with Gasteiger partial charge in [0.05, 0.1) is 6.10 Å². The van der Waals surface area contributed by atoms with Gasteiger partial charge in [0.2, 0.25) is 0 Å². The summed E-state index contributed by atoms with van der Waals surface area (Å²) in [6.07, 6.45) is 1.62. The van der Waals surface area contributed by atoms with Crippen molar-refractivity contribution in [1.29, 1.82) is 0 Å². The van der Waals surface area contributed by atoms with Crippen LogP contribution in [0.3, 0.4) is 0 Å². The summed E-state index contributed by atoms with van der Waals surface area (Å²) in [5.74, 6) is 0. The van der Waals surface area contributed by atoms with Crippen molar-refractivity contribution >= 4 is 11.6 Å². The maximum atomic E-state index is 9.54. The van der Waals surface area contributed by atoms with Crippen LogP contribution in [0.2, 0.25) is 5.02 Å². The molecule has 0 bridgehead atoms. The standard InChI is InChI=1S/C13H20ClNO/c1-3-4-12(16)9-15-8-11-6-5-10(2)13(14)7-11/h5-7,12,15-16H,3-4,8-9H2,1-2H3. The molecule has 0 aromatic heterocycles. The second kappa shape index (κ2) is 6.89. The van der Waals surface area contributed by atoms with Gasteiger partial charge in [-0.05, 0) is 30.5 Å². The van der Waals surface area contributed by atoms with Gasteiger partial charge < -0.3 is 10.4 Å². The minimum Gasteiger partial charge on any atom is -0.392 e. The largest absolute Gasteiger partial charge is 0.392 e. The molecule has 0 amide bonds. The highest BCUT2D eigenvalue weighted by atomic mass is 35.5. The van der Waals surface area contributed by atoms with Gasteiger partial charge in [-0.1, -0.05) is 37.1 Å². The Morgan fingerprint density at radius 2 is 2.19 bits per heavy atom. The van der Waals surface area contributed by atoms with Crippen LogP contribution in [0.15, 0.2) is 18.2 Å². The number of nitrogens with one attached hydrogen (secondary N) is 1. The highest BCUT2D eigenvalue weighted by Gasteiger charge is 2.02. The van der Waals surface area contributed by atoms with Gasteiger partial charge in [0, 0.05) is 18.1 Å². The van der Waals surface area contributed by atoms with Gasteiger partial charge >= 0.3 is 0 Å². The monoisotopic (exact) mass is 241 g/mol. The van der Waals surface area contributed by atoms with Crippen LogP contribution in [0, 0.1) is 6.92 Å². The molecule has 1 aromatic carbocycles. The summed E-state index contributed by atoms with van der Waals surface area (Å²) in [5, 5.41) is 13.6. The third kappa shape index (κ3) is 4.52. The zero-order valence-electron chi connectivity index (χ0n) is 9.96. The molecule has 1 aromatic rings. The normalized spacial score (nSPS) is 12.8. The first kappa shape index (κ1) is 13.5. The lowest BCUT2D eigenvalue weighted by atomic mass is 10.1. The zero-order chi connectivity index (χ0) is 12.0. The van der Waals surface area contributed by atoms with Crippen LogP contribution >= 0.6 is 11.6 Å². The van der Waals surface area contributed by atoms with E-state index in [2.05, 4.69) is 18.3 Å². The molecule has 3 heteroatoms. The van der Waals surface area contributed by atoms with E-state index < -0.39 is 0 Å². The molecule has 0 heterocycles. The molecule has 0 fully saturated rings. The van der Waals surface area contributed by atoms with Crippen molar-refractivity contribution in [2.45, 2.75) is 39.3 Å². The molecule has 0 aliphatic carbocycles. The highest BCUT2D eigenvalue weighted by molar-refractivity contribution is 6.31. The van der Waals surface area contributed by atoms with Crippen LogP contribution in [0.25, 0.3) is 0 Å². The molecule has 1 rings (SSSR count). The molecule has 0 aliphatic heterocycles. The van der Waals surface area contributed by atoms with Gasteiger partial charge in [0.1, 0.15) is 0 Å². The van der Waals surface area contributed by atoms with E-state index in [1.54, 1.807) is 0 Å². The first-order valence-corrected chi connectivity index (χ1v) is 6.15. The molecular weight excluding hydrogens is 222 g/mol. The molecule has 0 aliphatic rings. The fourth-order valence-corrected chi connectivity index (χ4v) is 1.77. The van der Waals surface area contributed by atoms with E-state index in [1.165, 1.54) is 0 Å². The lowest BCUT2D eigenvalue weighted by Gasteiger charge is -2.11. The Morgan fingerprint density at radius 3 is 2.81 bits per heavy atom. The SMILES string of the molecule is CCCC(O)CNCc1ccc(C)c(Cl)c1. The Labute approximate surface area is 103 Å². The molecule has 2 N–H and O–H groups in total. The second-order valence-corrected chi connectivity index (χ2v) is 4.56. The molecule has 16 heavy (non-hydrogen) atoms. The van der Waals surface area contributed by atoms with Crippen molar-refractivity contribution in [2.24, 2.45) is 0 Å². The summed E-state index contributed by atoms with van der Waals surface area (Å²) >= 11 is 6.03. The summed E-state index contributed by atoms with van der Waals surface area (Å²) in [7, 11) is 0. The number of aliphatic hydroxyl groups excluding tert-OH is 1. The minimum absolute atomic E-state index is 0.245. The highest BCUT2D eigenvalue weighted by Crippen LogP contribution is 2.16. The molecule has 1 unspecified atom stereocenters. The van der Waals surface area contributed by atoms with E-state index >= 15 is 0 Å². The molecule has 0 saturated carbocycles. The van der Waals surface area contributed by atoms with E-state index in [0.717, 1.165) is 35.5 Å². The average Bonchev–Trinajstić information content (AvgIpc) is 2.24. The van der Waals surface area contributed by atoms with Crippen molar-refractivity contribution in [1.82, 2.24) is 5.32 Å². The first-order chi connectivity index (χ1) is 7.63. The number of aryl methyl sites for hydroxylation is 1. The summed E-state index contributed by atoms with van der Waals surface area (Å²) in [6, 6.07) is 6.04. The van der Waals surface area contributed by atoms with Crippen LogP contribution in [-0.4, -0.2) is 17.8 Å². The predicted octanol–water partition coefficient (Wildman–Crippen LogP) is 2.90. The van der Waals surface area contributed by atoms with E-state index in [4.69, 9.17) is 11.6 Å². The van der Waals surface area contributed by atoms with Gasteiger partial charge in [-0.15, -0.1) is 0 Å². The molecule has 2 nitrogen and oxygen atoms in total. The predicted molar refractivity (Wildman–Crippen MR) is 68.8 cm³/mol. The maximum Gasteiger partial charge on any atom is 0.0664 e. The van der Waals surface area contributed by atoms with Gasteiger partial charge in [-0.2, -0.15) is 0 Å². The number of halogens is 1. The zero-order valence-corrected chi connectivity index (χ0v) is 10.7. The number of hydrogen-bond acceptors (Lipinski definition) is 2. The van der Waals surface area contributed by atoms with Crippen LogP contribution in [0.5, 0.6) is 0 Å². The first-order valence-electron chi connectivity index (χ1n) is 5.77. The van der Waals surface area contributed by atoms with Crippen LogP contribution < -0.4 is 5.32 Å². The lowest BCUT2D eigenvalue weighted by Crippen LogP contribution is -2.26. The second-order valence-electron chi connectivity index (χ2n) is 4.16. The number of aliphatic hydroxyl groups is 1. The molecule has 0 spiro atoms. The Balaban J connectivity index is 2.34. The maximum absolute atomic E-state index is 9.54. The third-order valence-electron chi connectivity index (χ3n) is 2.57. The van der Waals surface area contributed by atoms with Gasteiger partial charge in [-0.3, -0.25) is 0 Å². The van der Waals surface area contributed by atoms with Crippen LogP contribution in [0.4, 0.5) is 0 Å². The Morgan fingerprint density at radius 1 is 1.44 bits per heavy atom. The van der Waals surface area contributed by atoms with Crippen LogP contribution in [-0.2, 0) is 6.54 Å². The average molecular weight is 242 g/mol. The Hall–Kier alpha value is -0.570.